The number of hydrogen-bond acceptors (Lipinski definition) is 3. The van der Waals surface area contributed by atoms with Gasteiger partial charge in [-0.15, -0.1) is 0 Å². The van der Waals surface area contributed by atoms with Gasteiger partial charge in [-0.05, 0) is 31.9 Å². The molecule has 1 aliphatic rings. The van der Waals surface area contributed by atoms with Crippen LogP contribution in [0.15, 0.2) is 18.2 Å². The monoisotopic (exact) mass is 282 g/mol. The third-order valence-electron chi connectivity index (χ3n) is 4.10. The third kappa shape index (κ3) is 3.22. The van der Waals surface area contributed by atoms with E-state index in [-0.39, 0.29) is 0 Å². The van der Waals surface area contributed by atoms with Gasteiger partial charge in [0.2, 0.25) is 0 Å². The van der Waals surface area contributed by atoms with Gasteiger partial charge in [-0.3, -0.25) is 4.90 Å². The van der Waals surface area contributed by atoms with E-state index in [1.807, 2.05) is 18.2 Å². The van der Waals surface area contributed by atoms with Crippen LogP contribution in [0.25, 0.3) is 0 Å². The smallest absolute Gasteiger partial charge is 0.124 e. The number of nitrogens with zero attached hydrogens (tertiary/aromatic N) is 1. The van der Waals surface area contributed by atoms with Crippen LogP contribution >= 0.6 is 11.6 Å². The van der Waals surface area contributed by atoms with E-state index >= 15 is 0 Å². The Kier molecular flexibility index (Phi) is 5.08. The lowest BCUT2D eigenvalue weighted by Crippen LogP contribution is -2.48. The van der Waals surface area contributed by atoms with E-state index in [0.717, 1.165) is 22.9 Å². The summed E-state index contributed by atoms with van der Waals surface area (Å²) in [7, 11) is 1.69. The van der Waals surface area contributed by atoms with Crippen LogP contribution in [0, 0.1) is 0 Å². The van der Waals surface area contributed by atoms with Gasteiger partial charge in [-0.1, -0.05) is 24.1 Å². The Morgan fingerprint density at radius 1 is 1.42 bits per heavy atom. The molecule has 1 heterocycles. The zero-order chi connectivity index (χ0) is 13.8. The van der Waals surface area contributed by atoms with E-state index in [1.165, 1.54) is 19.3 Å². The SMILES string of the molecule is COc1cccc(Cl)c1CN1C(C)CCCC1CN. The van der Waals surface area contributed by atoms with Crippen molar-refractivity contribution in [2.24, 2.45) is 5.73 Å². The molecule has 1 aliphatic heterocycles. The van der Waals surface area contributed by atoms with Crippen molar-refractivity contribution < 1.29 is 4.74 Å². The maximum atomic E-state index is 6.33. The molecule has 1 fully saturated rings. The molecule has 2 N–H and O–H groups in total. The van der Waals surface area contributed by atoms with Crippen LogP contribution in [0.2, 0.25) is 5.02 Å². The fourth-order valence-corrected chi connectivity index (χ4v) is 3.17. The summed E-state index contributed by atoms with van der Waals surface area (Å²) in [5, 5.41) is 0.771. The summed E-state index contributed by atoms with van der Waals surface area (Å²) in [4.78, 5) is 2.47. The lowest BCUT2D eigenvalue weighted by atomic mass is 9.95. The minimum absolute atomic E-state index is 0.449. The van der Waals surface area contributed by atoms with Gasteiger partial charge in [-0.25, -0.2) is 0 Å². The van der Waals surface area contributed by atoms with Crippen LogP contribution in [0.1, 0.15) is 31.7 Å². The Bertz CT molecular complexity index is 425. The summed E-state index contributed by atoms with van der Waals surface area (Å²) >= 11 is 6.33. The van der Waals surface area contributed by atoms with Gasteiger partial charge in [0.25, 0.3) is 0 Å². The molecule has 3 nitrogen and oxygen atoms in total. The number of nitrogens with two attached hydrogens (primary N) is 1. The zero-order valence-corrected chi connectivity index (χ0v) is 12.5. The molecule has 0 aliphatic carbocycles. The summed E-state index contributed by atoms with van der Waals surface area (Å²) < 4.78 is 5.43. The summed E-state index contributed by atoms with van der Waals surface area (Å²) in [6, 6.07) is 6.80. The lowest BCUT2D eigenvalue weighted by molar-refractivity contribution is 0.0883. The quantitative estimate of drug-likeness (QED) is 0.922. The molecule has 0 bridgehead atoms. The highest BCUT2D eigenvalue weighted by atomic mass is 35.5. The van der Waals surface area contributed by atoms with E-state index < -0.39 is 0 Å². The van der Waals surface area contributed by atoms with Crippen LogP contribution in [-0.4, -0.2) is 30.6 Å². The number of likely N-dealkylation sites (tertiary alicyclic amines) is 1. The second kappa shape index (κ2) is 6.60. The molecular formula is C15H23ClN2O. The van der Waals surface area contributed by atoms with Crippen LogP contribution < -0.4 is 10.5 Å². The maximum absolute atomic E-state index is 6.33. The molecule has 0 radical (unpaired) electrons. The number of methoxy groups -OCH3 is 1. The van der Waals surface area contributed by atoms with E-state index in [9.17, 15) is 0 Å². The predicted octanol–water partition coefficient (Wildman–Crippen LogP) is 3.05. The lowest BCUT2D eigenvalue weighted by Gasteiger charge is -2.40. The van der Waals surface area contributed by atoms with Crippen molar-refractivity contribution in [2.45, 2.75) is 44.8 Å². The van der Waals surface area contributed by atoms with E-state index in [2.05, 4.69) is 11.8 Å². The van der Waals surface area contributed by atoms with Crippen LogP contribution in [-0.2, 0) is 6.54 Å². The average molecular weight is 283 g/mol. The molecule has 2 unspecified atom stereocenters. The molecule has 1 aromatic carbocycles. The Hall–Kier alpha value is -0.770. The maximum Gasteiger partial charge on any atom is 0.124 e. The fourth-order valence-electron chi connectivity index (χ4n) is 2.94. The number of hydrogen-bond donors (Lipinski definition) is 1. The average Bonchev–Trinajstić information content (AvgIpc) is 2.42. The molecule has 19 heavy (non-hydrogen) atoms. The molecule has 2 atom stereocenters. The van der Waals surface area contributed by atoms with Gasteiger partial charge in [-0.2, -0.15) is 0 Å². The largest absolute Gasteiger partial charge is 0.496 e. The number of piperidine rings is 1. The van der Waals surface area contributed by atoms with Gasteiger partial charge in [0.05, 0.1) is 7.11 Å². The zero-order valence-electron chi connectivity index (χ0n) is 11.7. The Labute approximate surface area is 120 Å². The Balaban J connectivity index is 2.23. The molecule has 0 amide bonds. The van der Waals surface area contributed by atoms with Crippen molar-refractivity contribution in [1.82, 2.24) is 4.90 Å². The number of halogens is 1. The van der Waals surface area contributed by atoms with E-state index in [1.54, 1.807) is 7.11 Å². The molecule has 0 aromatic heterocycles. The highest BCUT2D eigenvalue weighted by Crippen LogP contribution is 2.31. The van der Waals surface area contributed by atoms with Crippen molar-refractivity contribution in [3.63, 3.8) is 0 Å². The summed E-state index contributed by atoms with van der Waals surface area (Å²) in [5.41, 5.74) is 6.98. The molecule has 4 heteroatoms. The van der Waals surface area contributed by atoms with Crippen LogP contribution in [0.4, 0.5) is 0 Å². The molecular weight excluding hydrogens is 260 g/mol. The van der Waals surface area contributed by atoms with Crippen molar-refractivity contribution in [1.29, 1.82) is 0 Å². The van der Waals surface area contributed by atoms with Gasteiger partial charge in [0, 0.05) is 35.8 Å². The Morgan fingerprint density at radius 2 is 2.21 bits per heavy atom. The predicted molar refractivity (Wildman–Crippen MR) is 79.7 cm³/mol. The minimum Gasteiger partial charge on any atom is -0.496 e. The number of ether oxygens (including phenoxy) is 1. The minimum atomic E-state index is 0.449. The fraction of sp³-hybridized carbons (Fsp3) is 0.600. The van der Waals surface area contributed by atoms with E-state index in [0.29, 0.717) is 18.6 Å². The normalized spacial score (nSPS) is 24.4. The topological polar surface area (TPSA) is 38.5 Å². The highest BCUT2D eigenvalue weighted by Gasteiger charge is 2.28. The molecule has 0 saturated carbocycles. The summed E-state index contributed by atoms with van der Waals surface area (Å²) in [6.07, 6.45) is 3.66. The van der Waals surface area contributed by atoms with Gasteiger partial charge in [0.1, 0.15) is 5.75 Å². The van der Waals surface area contributed by atoms with Crippen molar-refractivity contribution in [3.8, 4) is 5.75 Å². The second-order valence-corrected chi connectivity index (χ2v) is 5.67. The first-order valence-electron chi connectivity index (χ1n) is 6.94. The molecule has 1 aromatic rings. The van der Waals surface area contributed by atoms with E-state index in [4.69, 9.17) is 22.1 Å². The molecule has 1 saturated heterocycles. The van der Waals surface area contributed by atoms with Gasteiger partial charge in [0.15, 0.2) is 0 Å². The highest BCUT2D eigenvalue weighted by molar-refractivity contribution is 6.31. The number of benzene rings is 1. The first-order valence-corrected chi connectivity index (χ1v) is 7.32. The van der Waals surface area contributed by atoms with Crippen molar-refractivity contribution >= 4 is 11.6 Å². The molecule has 2 rings (SSSR count). The third-order valence-corrected chi connectivity index (χ3v) is 4.46. The second-order valence-electron chi connectivity index (χ2n) is 5.26. The first kappa shape index (κ1) is 14.6. The number of rotatable bonds is 4. The van der Waals surface area contributed by atoms with Crippen LogP contribution in [0.3, 0.4) is 0 Å². The van der Waals surface area contributed by atoms with Gasteiger partial charge >= 0.3 is 0 Å². The van der Waals surface area contributed by atoms with Gasteiger partial charge < -0.3 is 10.5 Å². The van der Waals surface area contributed by atoms with Crippen LogP contribution in [0.5, 0.6) is 5.75 Å². The standard InChI is InChI=1S/C15H23ClN2O/c1-11-5-3-6-12(9-17)18(11)10-13-14(16)7-4-8-15(13)19-2/h4,7-8,11-12H,3,5-6,9-10,17H2,1-2H3. The Morgan fingerprint density at radius 3 is 2.89 bits per heavy atom. The first-order chi connectivity index (χ1) is 9.17. The summed E-state index contributed by atoms with van der Waals surface area (Å²) in [5.74, 6) is 0.862. The summed E-state index contributed by atoms with van der Waals surface area (Å²) in [6.45, 7) is 3.79. The van der Waals surface area contributed by atoms with Crippen molar-refractivity contribution in [3.05, 3.63) is 28.8 Å². The molecule has 106 valence electrons. The van der Waals surface area contributed by atoms with Crippen molar-refractivity contribution in [2.75, 3.05) is 13.7 Å². The molecule has 0 spiro atoms.